The number of benzene rings is 1. The number of aliphatic carboxylic acids is 1. The van der Waals surface area contributed by atoms with Crippen molar-refractivity contribution in [1.29, 1.82) is 0 Å². The number of hydrogen-bond acceptors (Lipinski definition) is 5. The van der Waals surface area contributed by atoms with Crippen molar-refractivity contribution in [3.05, 3.63) is 35.9 Å². The molecule has 1 aromatic rings. The lowest BCUT2D eigenvalue weighted by Gasteiger charge is -2.29. The van der Waals surface area contributed by atoms with Crippen LogP contribution in [0.3, 0.4) is 0 Å². The third kappa shape index (κ3) is 6.89. The average Bonchev–Trinajstić information content (AvgIpc) is 2.68. The predicted octanol–water partition coefficient (Wildman–Crippen LogP) is 2.27. The minimum atomic E-state index is -1.19. The summed E-state index contributed by atoms with van der Waals surface area (Å²) < 4.78 is 5.15. The van der Waals surface area contributed by atoms with Crippen molar-refractivity contribution >= 4 is 23.8 Å². The standard InChI is InChI=1S/C21H28N2O6/c1-13(2)17(23-21(28)29-12-14-7-4-3-5-8-14)19(25)22-18(20(26)27)15-9-6-10-16(24)11-15/h3-5,7-8,13,15,17-18H,6,9-12H2,1-2H3,(H,22,25)(H,23,28)(H,26,27)/t15-,17+,18-/m0/s1. The van der Waals surface area contributed by atoms with Crippen LogP contribution in [0.2, 0.25) is 0 Å². The van der Waals surface area contributed by atoms with E-state index in [0.29, 0.717) is 19.3 Å². The Bertz CT molecular complexity index is 734. The summed E-state index contributed by atoms with van der Waals surface area (Å²) in [5.74, 6) is -2.53. The van der Waals surface area contributed by atoms with E-state index in [2.05, 4.69) is 10.6 Å². The van der Waals surface area contributed by atoms with E-state index in [-0.39, 0.29) is 24.7 Å². The molecule has 1 aliphatic carbocycles. The molecule has 0 aliphatic heterocycles. The Kier molecular flexibility index (Phi) is 8.18. The van der Waals surface area contributed by atoms with Gasteiger partial charge in [-0.15, -0.1) is 0 Å². The van der Waals surface area contributed by atoms with E-state index in [0.717, 1.165) is 5.56 Å². The van der Waals surface area contributed by atoms with E-state index in [4.69, 9.17) is 4.74 Å². The molecule has 1 aromatic carbocycles. The number of alkyl carbamates (subject to hydrolysis) is 1. The number of carbonyl (C=O) groups is 4. The Hall–Kier alpha value is -2.90. The maximum atomic E-state index is 12.7. The molecule has 8 heteroatoms. The van der Waals surface area contributed by atoms with Gasteiger partial charge in [-0.05, 0) is 30.2 Å². The van der Waals surface area contributed by atoms with Crippen LogP contribution in [-0.2, 0) is 25.7 Å². The predicted molar refractivity (Wildman–Crippen MR) is 105 cm³/mol. The first-order chi connectivity index (χ1) is 13.8. The lowest BCUT2D eigenvalue weighted by atomic mass is 9.83. The highest BCUT2D eigenvalue weighted by Crippen LogP contribution is 2.25. The number of ketones is 1. The van der Waals surface area contributed by atoms with Crippen molar-refractivity contribution in [2.24, 2.45) is 11.8 Å². The summed E-state index contributed by atoms with van der Waals surface area (Å²) in [7, 11) is 0. The third-order valence-corrected chi connectivity index (χ3v) is 4.99. The van der Waals surface area contributed by atoms with Gasteiger partial charge in [0.1, 0.15) is 24.5 Å². The molecule has 3 atom stereocenters. The van der Waals surface area contributed by atoms with E-state index in [1.165, 1.54) is 0 Å². The molecule has 0 radical (unpaired) electrons. The molecule has 2 amide bonds. The molecule has 0 spiro atoms. The van der Waals surface area contributed by atoms with E-state index in [1.54, 1.807) is 13.8 Å². The normalized spacial score (nSPS) is 18.6. The molecule has 1 aliphatic rings. The summed E-state index contributed by atoms with van der Waals surface area (Å²) in [5, 5.41) is 14.6. The number of nitrogens with one attached hydrogen (secondary N) is 2. The maximum Gasteiger partial charge on any atom is 0.408 e. The molecule has 0 bridgehead atoms. The van der Waals surface area contributed by atoms with Gasteiger partial charge in [0.2, 0.25) is 5.91 Å². The molecule has 0 aromatic heterocycles. The number of carboxylic acids is 1. The molecule has 2 rings (SSSR count). The van der Waals surface area contributed by atoms with Gasteiger partial charge in [-0.1, -0.05) is 44.2 Å². The number of rotatable bonds is 8. The maximum absolute atomic E-state index is 12.7. The number of carbonyl (C=O) groups excluding carboxylic acids is 3. The lowest BCUT2D eigenvalue weighted by Crippen LogP contribution is -2.56. The summed E-state index contributed by atoms with van der Waals surface area (Å²) in [5.41, 5.74) is 0.807. The summed E-state index contributed by atoms with van der Waals surface area (Å²) in [4.78, 5) is 48.2. The van der Waals surface area contributed by atoms with Crippen molar-refractivity contribution in [2.45, 2.75) is 58.2 Å². The van der Waals surface area contributed by atoms with Crippen LogP contribution in [-0.4, -0.2) is 40.9 Å². The summed E-state index contributed by atoms with van der Waals surface area (Å²) in [6.07, 6.45) is 0.987. The molecular formula is C21H28N2O6. The Morgan fingerprint density at radius 2 is 1.86 bits per heavy atom. The SMILES string of the molecule is CC(C)[C@@H](NC(=O)OCc1ccccc1)C(=O)N[C@H](C(=O)O)[C@H]1CCCC(=O)C1. The van der Waals surface area contributed by atoms with Gasteiger partial charge in [0.25, 0.3) is 0 Å². The van der Waals surface area contributed by atoms with E-state index < -0.39 is 36.0 Å². The molecular weight excluding hydrogens is 376 g/mol. The highest BCUT2D eigenvalue weighted by Gasteiger charge is 2.35. The Labute approximate surface area is 170 Å². The largest absolute Gasteiger partial charge is 0.480 e. The Morgan fingerprint density at radius 3 is 2.45 bits per heavy atom. The number of amides is 2. The second kappa shape index (κ2) is 10.6. The van der Waals surface area contributed by atoms with Crippen LogP contribution in [0.1, 0.15) is 45.1 Å². The van der Waals surface area contributed by atoms with Crippen LogP contribution in [0.5, 0.6) is 0 Å². The quantitative estimate of drug-likeness (QED) is 0.611. The monoisotopic (exact) mass is 404 g/mol. The molecule has 3 N–H and O–H groups in total. The Morgan fingerprint density at radius 1 is 1.17 bits per heavy atom. The average molecular weight is 404 g/mol. The Balaban J connectivity index is 1.96. The first kappa shape index (κ1) is 22.4. The molecule has 1 fully saturated rings. The van der Waals surface area contributed by atoms with Gasteiger partial charge in [-0.25, -0.2) is 9.59 Å². The number of carboxylic acid groups (broad SMARTS) is 1. The third-order valence-electron chi connectivity index (χ3n) is 4.99. The summed E-state index contributed by atoms with van der Waals surface area (Å²) >= 11 is 0. The molecule has 29 heavy (non-hydrogen) atoms. The zero-order valence-corrected chi connectivity index (χ0v) is 16.7. The van der Waals surface area contributed by atoms with Crippen LogP contribution >= 0.6 is 0 Å². The number of Topliss-reactive ketones (excluding diaryl/α,β-unsaturated/α-hetero) is 1. The van der Waals surface area contributed by atoms with Crippen LogP contribution in [0.4, 0.5) is 4.79 Å². The second-order valence-electron chi connectivity index (χ2n) is 7.65. The molecule has 158 valence electrons. The topological polar surface area (TPSA) is 122 Å². The van der Waals surface area contributed by atoms with Gasteiger partial charge >= 0.3 is 12.1 Å². The van der Waals surface area contributed by atoms with Gasteiger partial charge in [0.05, 0.1) is 0 Å². The molecule has 0 saturated heterocycles. The molecule has 0 unspecified atom stereocenters. The van der Waals surface area contributed by atoms with E-state index >= 15 is 0 Å². The molecule has 0 heterocycles. The van der Waals surface area contributed by atoms with Crippen molar-refractivity contribution in [3.63, 3.8) is 0 Å². The van der Waals surface area contributed by atoms with Gasteiger partial charge in [0.15, 0.2) is 0 Å². The van der Waals surface area contributed by atoms with Crippen molar-refractivity contribution in [3.8, 4) is 0 Å². The van der Waals surface area contributed by atoms with Gasteiger partial charge in [-0.2, -0.15) is 0 Å². The summed E-state index contributed by atoms with van der Waals surface area (Å²) in [6.45, 7) is 3.53. The zero-order chi connectivity index (χ0) is 21.4. The fraction of sp³-hybridized carbons (Fsp3) is 0.524. The minimum Gasteiger partial charge on any atom is -0.480 e. The summed E-state index contributed by atoms with van der Waals surface area (Å²) in [6, 6.07) is 6.98. The van der Waals surface area contributed by atoms with Crippen LogP contribution in [0.15, 0.2) is 30.3 Å². The second-order valence-corrected chi connectivity index (χ2v) is 7.65. The van der Waals surface area contributed by atoms with Crippen molar-refractivity contribution in [2.75, 3.05) is 0 Å². The lowest BCUT2D eigenvalue weighted by molar-refractivity contribution is -0.144. The van der Waals surface area contributed by atoms with Crippen LogP contribution in [0, 0.1) is 11.8 Å². The van der Waals surface area contributed by atoms with Gasteiger partial charge in [-0.3, -0.25) is 9.59 Å². The highest BCUT2D eigenvalue weighted by molar-refractivity contribution is 5.90. The molecule has 1 saturated carbocycles. The van der Waals surface area contributed by atoms with E-state index in [9.17, 15) is 24.3 Å². The van der Waals surface area contributed by atoms with Crippen molar-refractivity contribution in [1.82, 2.24) is 10.6 Å². The highest BCUT2D eigenvalue weighted by atomic mass is 16.5. The number of hydrogen-bond donors (Lipinski definition) is 3. The zero-order valence-electron chi connectivity index (χ0n) is 16.7. The van der Waals surface area contributed by atoms with E-state index in [1.807, 2.05) is 30.3 Å². The number of ether oxygens (including phenoxy) is 1. The first-order valence-corrected chi connectivity index (χ1v) is 9.80. The van der Waals surface area contributed by atoms with Gasteiger partial charge < -0.3 is 20.5 Å². The van der Waals surface area contributed by atoms with Crippen LogP contribution < -0.4 is 10.6 Å². The van der Waals surface area contributed by atoms with Gasteiger partial charge in [0, 0.05) is 12.8 Å². The fourth-order valence-electron chi connectivity index (χ4n) is 3.39. The fourth-order valence-corrected chi connectivity index (χ4v) is 3.39. The smallest absolute Gasteiger partial charge is 0.408 e. The van der Waals surface area contributed by atoms with Crippen molar-refractivity contribution < 1.29 is 29.0 Å². The minimum absolute atomic E-state index is 0.00442. The van der Waals surface area contributed by atoms with Crippen LogP contribution in [0.25, 0.3) is 0 Å². The first-order valence-electron chi connectivity index (χ1n) is 9.80. The molecule has 8 nitrogen and oxygen atoms in total.